The summed E-state index contributed by atoms with van der Waals surface area (Å²) in [5, 5.41) is 2.77. The fraction of sp³-hybridized carbons (Fsp3) is 0.375. The van der Waals surface area contributed by atoms with E-state index in [4.69, 9.17) is 10.5 Å². The summed E-state index contributed by atoms with van der Waals surface area (Å²) in [6.07, 6.45) is 3.51. The third-order valence-electron chi connectivity index (χ3n) is 5.73. The van der Waals surface area contributed by atoms with Crippen molar-refractivity contribution < 1.29 is 23.5 Å². The molecule has 2 unspecified atom stereocenters. The number of benzene rings is 2. The highest BCUT2D eigenvalue weighted by atomic mass is 19.1. The number of carbonyl (C=O) groups excluding carboxylic acids is 3. The van der Waals surface area contributed by atoms with Gasteiger partial charge in [-0.3, -0.25) is 14.4 Å². The summed E-state index contributed by atoms with van der Waals surface area (Å²) in [4.78, 5) is 36.1. The van der Waals surface area contributed by atoms with E-state index in [9.17, 15) is 18.8 Å². The van der Waals surface area contributed by atoms with Crippen molar-refractivity contribution in [2.75, 3.05) is 0 Å². The minimum Gasteiger partial charge on any atom is -0.461 e. The zero-order chi connectivity index (χ0) is 22.4. The Hall–Kier alpha value is -3.22. The Morgan fingerprint density at radius 2 is 1.71 bits per heavy atom. The number of ether oxygens (including phenoxy) is 1. The van der Waals surface area contributed by atoms with Crippen LogP contribution in [-0.2, 0) is 25.7 Å². The van der Waals surface area contributed by atoms with Crippen LogP contribution in [0.1, 0.15) is 61.3 Å². The largest absolute Gasteiger partial charge is 0.461 e. The summed E-state index contributed by atoms with van der Waals surface area (Å²) in [6.45, 7) is 1.58. The lowest BCUT2D eigenvalue weighted by Crippen LogP contribution is -2.42. The summed E-state index contributed by atoms with van der Waals surface area (Å²) in [5.74, 6) is -1.97. The van der Waals surface area contributed by atoms with Crippen LogP contribution in [0.2, 0.25) is 0 Å². The van der Waals surface area contributed by atoms with Crippen molar-refractivity contribution in [1.29, 1.82) is 0 Å². The molecule has 1 fully saturated rings. The Bertz CT molecular complexity index is 928. The number of halogens is 1. The Balaban J connectivity index is 1.74. The maximum Gasteiger partial charge on any atom is 0.302 e. The van der Waals surface area contributed by atoms with Crippen molar-refractivity contribution in [3.8, 4) is 0 Å². The average molecular weight is 426 g/mol. The molecule has 1 aliphatic carbocycles. The number of esters is 1. The fourth-order valence-corrected chi connectivity index (χ4v) is 4.11. The molecule has 3 rings (SSSR count). The van der Waals surface area contributed by atoms with Crippen LogP contribution in [0.15, 0.2) is 48.5 Å². The summed E-state index contributed by atoms with van der Waals surface area (Å²) < 4.78 is 18.2. The molecule has 0 saturated heterocycles. The Morgan fingerprint density at radius 1 is 1.06 bits per heavy atom. The van der Waals surface area contributed by atoms with Crippen molar-refractivity contribution in [3.05, 3.63) is 71.0 Å². The lowest BCUT2D eigenvalue weighted by Gasteiger charge is -2.32. The monoisotopic (exact) mass is 426 g/mol. The van der Waals surface area contributed by atoms with Gasteiger partial charge < -0.3 is 15.8 Å². The first-order chi connectivity index (χ1) is 14.8. The molecule has 0 aliphatic heterocycles. The third kappa shape index (κ3) is 5.90. The normalized spacial score (nSPS) is 19.3. The molecule has 1 saturated carbocycles. The third-order valence-corrected chi connectivity index (χ3v) is 5.73. The number of rotatable bonds is 7. The zero-order valence-electron chi connectivity index (χ0n) is 17.5. The van der Waals surface area contributed by atoms with Gasteiger partial charge in [-0.1, -0.05) is 49.2 Å². The first-order valence-corrected chi connectivity index (χ1v) is 10.4. The van der Waals surface area contributed by atoms with E-state index < -0.39 is 17.8 Å². The molecule has 0 aromatic heterocycles. The van der Waals surface area contributed by atoms with Gasteiger partial charge in [0.25, 0.3) is 0 Å². The van der Waals surface area contributed by atoms with Crippen molar-refractivity contribution in [2.45, 2.75) is 51.2 Å². The topological polar surface area (TPSA) is 98.5 Å². The number of amides is 2. The van der Waals surface area contributed by atoms with Crippen molar-refractivity contribution in [1.82, 2.24) is 5.32 Å². The van der Waals surface area contributed by atoms with E-state index in [0.29, 0.717) is 12.0 Å². The van der Waals surface area contributed by atoms with Crippen LogP contribution in [0.5, 0.6) is 0 Å². The second-order valence-corrected chi connectivity index (χ2v) is 7.91. The van der Waals surface area contributed by atoms with Gasteiger partial charge in [0.05, 0.1) is 0 Å². The summed E-state index contributed by atoms with van der Waals surface area (Å²) >= 11 is 0. The Kier molecular flexibility index (Phi) is 7.39. The van der Waals surface area contributed by atoms with Gasteiger partial charge in [-0.25, -0.2) is 4.39 Å². The average Bonchev–Trinajstić information content (AvgIpc) is 2.77. The molecule has 3 atom stereocenters. The number of nitrogens with one attached hydrogen (secondary N) is 1. The van der Waals surface area contributed by atoms with Crippen molar-refractivity contribution in [3.63, 3.8) is 0 Å². The molecule has 3 N–H and O–H groups in total. The van der Waals surface area contributed by atoms with Gasteiger partial charge in [-0.2, -0.15) is 0 Å². The quantitative estimate of drug-likeness (QED) is 0.662. The number of hydrogen-bond acceptors (Lipinski definition) is 4. The maximum absolute atomic E-state index is 13.2. The van der Waals surface area contributed by atoms with E-state index in [0.717, 1.165) is 30.4 Å². The molecule has 2 aromatic carbocycles. The van der Waals surface area contributed by atoms with Gasteiger partial charge in [0.15, 0.2) is 0 Å². The van der Waals surface area contributed by atoms with Gasteiger partial charge >= 0.3 is 5.97 Å². The van der Waals surface area contributed by atoms with Crippen LogP contribution in [0.4, 0.5) is 4.39 Å². The highest BCUT2D eigenvalue weighted by Gasteiger charge is 2.34. The minimum atomic E-state index is -1.01. The highest BCUT2D eigenvalue weighted by molar-refractivity contribution is 5.89. The molecule has 7 heteroatoms. The smallest absolute Gasteiger partial charge is 0.302 e. The van der Waals surface area contributed by atoms with Gasteiger partial charge in [-0.05, 0) is 47.6 Å². The van der Waals surface area contributed by atoms with Crippen LogP contribution in [-0.4, -0.2) is 17.8 Å². The van der Waals surface area contributed by atoms with E-state index in [2.05, 4.69) is 5.32 Å². The summed E-state index contributed by atoms with van der Waals surface area (Å²) in [7, 11) is 0. The van der Waals surface area contributed by atoms with E-state index >= 15 is 0 Å². The first-order valence-electron chi connectivity index (χ1n) is 10.4. The van der Waals surface area contributed by atoms with E-state index in [1.165, 1.54) is 31.2 Å². The zero-order valence-corrected chi connectivity index (χ0v) is 17.5. The van der Waals surface area contributed by atoms with Crippen LogP contribution in [0, 0.1) is 11.7 Å². The van der Waals surface area contributed by atoms with Crippen LogP contribution >= 0.6 is 0 Å². The van der Waals surface area contributed by atoms with Crippen LogP contribution < -0.4 is 11.1 Å². The molecule has 0 spiro atoms. The van der Waals surface area contributed by atoms with E-state index in [-0.39, 0.29) is 30.3 Å². The molecule has 2 aromatic rings. The second-order valence-electron chi connectivity index (χ2n) is 7.91. The van der Waals surface area contributed by atoms with Gasteiger partial charge in [0.1, 0.15) is 18.5 Å². The molecule has 0 radical (unpaired) electrons. The van der Waals surface area contributed by atoms with Crippen molar-refractivity contribution >= 4 is 17.8 Å². The molecular weight excluding hydrogens is 399 g/mol. The number of carbonyl (C=O) groups is 3. The van der Waals surface area contributed by atoms with E-state index in [1.807, 2.05) is 24.3 Å². The number of hydrogen-bond donors (Lipinski definition) is 2. The molecule has 0 bridgehead atoms. The van der Waals surface area contributed by atoms with Gasteiger partial charge in [0, 0.05) is 12.8 Å². The van der Waals surface area contributed by atoms with Crippen molar-refractivity contribution in [2.24, 2.45) is 11.7 Å². The molecule has 1 aliphatic rings. The first kappa shape index (κ1) is 22.5. The standard InChI is InChI=1S/C24H27FN2O4/c1-15(28)31-14-16-6-8-17(9-7-16)20-4-2-3-5-21(20)24(30)27-22(23(26)29)18-10-12-19(25)13-11-18/h6-13,20-22H,2-5,14H2,1H3,(H2,26,29)(H,27,30)/t20?,21-,22?/m1/s1. The molecule has 0 heterocycles. The molecule has 2 amide bonds. The van der Waals surface area contributed by atoms with Crippen LogP contribution in [0.25, 0.3) is 0 Å². The Morgan fingerprint density at radius 3 is 2.32 bits per heavy atom. The SMILES string of the molecule is CC(=O)OCc1ccc(C2CCCC[C@H]2C(=O)NC(C(N)=O)c2ccc(F)cc2)cc1. The summed E-state index contributed by atoms with van der Waals surface area (Å²) in [5.41, 5.74) is 7.87. The molecular formula is C24H27FN2O4. The molecule has 31 heavy (non-hydrogen) atoms. The summed E-state index contributed by atoms with van der Waals surface area (Å²) in [6, 6.07) is 12.1. The van der Waals surface area contributed by atoms with Crippen LogP contribution in [0.3, 0.4) is 0 Å². The predicted molar refractivity (Wildman–Crippen MR) is 113 cm³/mol. The predicted octanol–water partition coefficient (Wildman–Crippen LogP) is 3.51. The van der Waals surface area contributed by atoms with Gasteiger partial charge in [0.2, 0.25) is 11.8 Å². The van der Waals surface area contributed by atoms with E-state index in [1.54, 1.807) is 0 Å². The van der Waals surface area contributed by atoms with Gasteiger partial charge in [-0.15, -0.1) is 0 Å². The lowest BCUT2D eigenvalue weighted by atomic mass is 9.74. The Labute approximate surface area is 181 Å². The second kappa shape index (κ2) is 10.2. The highest BCUT2D eigenvalue weighted by Crippen LogP contribution is 2.38. The molecule has 6 nitrogen and oxygen atoms in total. The minimum absolute atomic E-state index is 0.0123. The number of nitrogens with two attached hydrogens (primary N) is 1. The fourth-order valence-electron chi connectivity index (χ4n) is 4.11. The molecule has 164 valence electrons. The number of primary amides is 1. The maximum atomic E-state index is 13.2. The lowest BCUT2D eigenvalue weighted by molar-refractivity contribution is -0.142.